The van der Waals surface area contributed by atoms with Gasteiger partial charge in [-0.1, -0.05) is 42.5 Å². The molecule has 0 heterocycles. The smallest absolute Gasteiger partial charge is 0.316 e. The molecule has 3 aromatic rings. The Morgan fingerprint density at radius 2 is 1.46 bits per heavy atom. The van der Waals surface area contributed by atoms with Crippen LogP contribution >= 0.6 is 0 Å². The summed E-state index contributed by atoms with van der Waals surface area (Å²) in [7, 11) is 0. The van der Waals surface area contributed by atoms with Crippen LogP contribution in [0.5, 0.6) is 0 Å². The Morgan fingerprint density at radius 3 is 2.12 bits per heavy atom. The molecule has 0 aliphatic carbocycles. The summed E-state index contributed by atoms with van der Waals surface area (Å²) in [5.74, 6) is -1.20. The molecular weight excluding hydrogens is 333 g/mol. The van der Waals surface area contributed by atoms with Crippen LogP contribution in [0, 0.1) is 5.82 Å². The highest BCUT2D eigenvalue weighted by molar-refractivity contribution is 6.05. The monoisotopic (exact) mass is 349 g/mol. The van der Waals surface area contributed by atoms with E-state index < -0.39 is 17.8 Å². The molecule has 0 fully saturated rings. The largest absolute Gasteiger partial charge is 0.351 e. The van der Waals surface area contributed by atoms with Gasteiger partial charge in [-0.15, -0.1) is 0 Å². The minimum absolute atomic E-state index is 0.0713. The highest BCUT2D eigenvalue weighted by atomic mass is 19.1. The van der Waals surface area contributed by atoms with E-state index in [1.165, 1.54) is 18.2 Å². The number of hydrogen-bond donors (Lipinski definition) is 3. The third-order valence-electron chi connectivity index (χ3n) is 3.71. The SMILES string of the molecule is NC(=O)Nc1cccc(NC(=O)c2ccc(-c3ccccc3)cc2F)c1. The Kier molecular flexibility index (Phi) is 4.94. The average molecular weight is 349 g/mol. The van der Waals surface area contributed by atoms with Gasteiger partial charge in [-0.25, -0.2) is 9.18 Å². The van der Waals surface area contributed by atoms with Crippen molar-refractivity contribution >= 4 is 23.3 Å². The molecule has 0 aromatic heterocycles. The van der Waals surface area contributed by atoms with Gasteiger partial charge in [-0.05, 0) is 41.5 Å². The predicted octanol–water partition coefficient (Wildman–Crippen LogP) is 4.24. The summed E-state index contributed by atoms with van der Waals surface area (Å²) in [5, 5.41) is 5.01. The van der Waals surface area contributed by atoms with E-state index in [2.05, 4.69) is 10.6 Å². The average Bonchev–Trinajstić information content (AvgIpc) is 2.62. The fourth-order valence-electron chi connectivity index (χ4n) is 2.52. The molecule has 0 saturated heterocycles. The zero-order valence-electron chi connectivity index (χ0n) is 13.7. The summed E-state index contributed by atoms with van der Waals surface area (Å²) in [6.45, 7) is 0. The molecule has 3 amide bonds. The lowest BCUT2D eigenvalue weighted by atomic mass is 10.0. The van der Waals surface area contributed by atoms with Crippen molar-refractivity contribution in [1.29, 1.82) is 0 Å². The quantitative estimate of drug-likeness (QED) is 0.658. The zero-order valence-corrected chi connectivity index (χ0v) is 13.7. The molecule has 4 N–H and O–H groups in total. The van der Waals surface area contributed by atoms with Gasteiger partial charge in [0.2, 0.25) is 0 Å². The Hall–Kier alpha value is -3.67. The first-order valence-corrected chi connectivity index (χ1v) is 7.86. The number of carbonyl (C=O) groups excluding carboxylic acids is 2. The van der Waals surface area contributed by atoms with E-state index >= 15 is 0 Å². The normalized spacial score (nSPS) is 10.2. The molecule has 0 spiro atoms. The summed E-state index contributed by atoms with van der Waals surface area (Å²) < 4.78 is 14.4. The second-order valence-electron chi connectivity index (χ2n) is 5.58. The van der Waals surface area contributed by atoms with Crippen LogP contribution in [0.2, 0.25) is 0 Å². The minimum atomic E-state index is -0.712. The fourth-order valence-corrected chi connectivity index (χ4v) is 2.52. The van der Waals surface area contributed by atoms with Crippen LogP contribution in [0.1, 0.15) is 10.4 Å². The fraction of sp³-hybridized carbons (Fsp3) is 0. The number of halogens is 1. The second-order valence-corrected chi connectivity index (χ2v) is 5.58. The first kappa shape index (κ1) is 17.2. The standard InChI is InChI=1S/C20H16FN3O2/c21-18-11-14(13-5-2-1-3-6-13)9-10-17(18)19(25)23-15-7-4-8-16(12-15)24-20(22)26/h1-12H,(H,23,25)(H3,22,24,26). The van der Waals surface area contributed by atoms with Gasteiger partial charge >= 0.3 is 6.03 Å². The zero-order chi connectivity index (χ0) is 18.5. The number of benzene rings is 3. The van der Waals surface area contributed by atoms with Crippen LogP contribution in [0.15, 0.2) is 72.8 Å². The first-order chi connectivity index (χ1) is 12.5. The molecule has 0 unspecified atom stereocenters. The third kappa shape index (κ3) is 4.05. The number of amides is 3. The van der Waals surface area contributed by atoms with E-state index in [9.17, 15) is 14.0 Å². The van der Waals surface area contributed by atoms with E-state index in [0.29, 0.717) is 16.9 Å². The van der Waals surface area contributed by atoms with Gasteiger partial charge in [0.1, 0.15) is 5.82 Å². The molecule has 0 aliphatic rings. The summed E-state index contributed by atoms with van der Waals surface area (Å²) in [6.07, 6.45) is 0. The molecule has 3 rings (SSSR count). The molecule has 0 radical (unpaired) electrons. The van der Waals surface area contributed by atoms with Gasteiger partial charge in [0.25, 0.3) is 5.91 Å². The number of anilines is 2. The molecule has 3 aromatic carbocycles. The lowest BCUT2D eigenvalue weighted by Gasteiger charge is -2.09. The lowest BCUT2D eigenvalue weighted by Crippen LogP contribution is -2.19. The van der Waals surface area contributed by atoms with E-state index in [4.69, 9.17) is 5.73 Å². The van der Waals surface area contributed by atoms with Crippen LogP contribution in [-0.2, 0) is 0 Å². The van der Waals surface area contributed by atoms with Crippen LogP contribution in [0.3, 0.4) is 0 Å². The Morgan fingerprint density at radius 1 is 0.769 bits per heavy atom. The summed E-state index contributed by atoms with van der Waals surface area (Å²) in [6, 6.07) is 19.5. The number of nitrogens with two attached hydrogens (primary N) is 1. The van der Waals surface area contributed by atoms with E-state index in [-0.39, 0.29) is 5.56 Å². The number of rotatable bonds is 4. The first-order valence-electron chi connectivity index (χ1n) is 7.86. The molecule has 0 bridgehead atoms. The topological polar surface area (TPSA) is 84.2 Å². The summed E-state index contributed by atoms with van der Waals surface area (Å²) >= 11 is 0. The molecule has 0 atom stereocenters. The maximum atomic E-state index is 14.4. The number of carbonyl (C=O) groups is 2. The van der Waals surface area contributed by atoms with Gasteiger partial charge < -0.3 is 16.4 Å². The van der Waals surface area contributed by atoms with Gasteiger partial charge in [0.15, 0.2) is 0 Å². The van der Waals surface area contributed by atoms with E-state index in [0.717, 1.165) is 5.56 Å². The maximum absolute atomic E-state index is 14.4. The molecule has 0 aliphatic heterocycles. The number of primary amides is 1. The molecule has 26 heavy (non-hydrogen) atoms. The summed E-state index contributed by atoms with van der Waals surface area (Å²) in [4.78, 5) is 23.2. The maximum Gasteiger partial charge on any atom is 0.316 e. The van der Waals surface area contributed by atoms with Crippen LogP contribution in [0.25, 0.3) is 11.1 Å². The Balaban J connectivity index is 1.79. The van der Waals surface area contributed by atoms with Crippen molar-refractivity contribution in [3.63, 3.8) is 0 Å². The van der Waals surface area contributed by atoms with Gasteiger partial charge in [0.05, 0.1) is 5.56 Å². The Labute approximate surface area is 149 Å². The van der Waals surface area contributed by atoms with Crippen molar-refractivity contribution < 1.29 is 14.0 Å². The van der Waals surface area contributed by atoms with Gasteiger partial charge in [0, 0.05) is 11.4 Å². The van der Waals surface area contributed by atoms with E-state index in [1.54, 1.807) is 24.3 Å². The number of hydrogen-bond acceptors (Lipinski definition) is 2. The van der Waals surface area contributed by atoms with Gasteiger partial charge in [-0.2, -0.15) is 0 Å². The van der Waals surface area contributed by atoms with Crippen molar-refractivity contribution in [2.45, 2.75) is 0 Å². The van der Waals surface area contributed by atoms with Crippen molar-refractivity contribution in [2.24, 2.45) is 5.73 Å². The minimum Gasteiger partial charge on any atom is -0.351 e. The van der Waals surface area contributed by atoms with Crippen LogP contribution < -0.4 is 16.4 Å². The molecule has 130 valence electrons. The number of urea groups is 1. The summed E-state index contributed by atoms with van der Waals surface area (Å²) in [5.41, 5.74) is 7.38. The van der Waals surface area contributed by atoms with E-state index in [1.807, 2.05) is 30.3 Å². The van der Waals surface area contributed by atoms with Crippen molar-refractivity contribution in [1.82, 2.24) is 0 Å². The van der Waals surface area contributed by atoms with Gasteiger partial charge in [-0.3, -0.25) is 4.79 Å². The second kappa shape index (κ2) is 7.48. The van der Waals surface area contributed by atoms with Crippen LogP contribution in [0.4, 0.5) is 20.6 Å². The molecular formula is C20H16FN3O2. The highest BCUT2D eigenvalue weighted by Gasteiger charge is 2.13. The van der Waals surface area contributed by atoms with Crippen molar-refractivity contribution in [3.05, 3.63) is 84.2 Å². The number of nitrogens with one attached hydrogen (secondary N) is 2. The molecule has 0 saturated carbocycles. The lowest BCUT2D eigenvalue weighted by molar-refractivity contribution is 0.102. The predicted molar refractivity (Wildman–Crippen MR) is 99.4 cm³/mol. The van der Waals surface area contributed by atoms with Crippen LogP contribution in [-0.4, -0.2) is 11.9 Å². The highest BCUT2D eigenvalue weighted by Crippen LogP contribution is 2.23. The third-order valence-corrected chi connectivity index (χ3v) is 3.71. The Bertz CT molecular complexity index is 958. The molecule has 6 heteroatoms. The molecule has 5 nitrogen and oxygen atoms in total. The van der Waals surface area contributed by atoms with Crippen molar-refractivity contribution in [3.8, 4) is 11.1 Å². The van der Waals surface area contributed by atoms with Crippen molar-refractivity contribution in [2.75, 3.05) is 10.6 Å².